The minimum atomic E-state index is -1.08. The van der Waals surface area contributed by atoms with Crippen molar-refractivity contribution in [1.29, 1.82) is 0 Å². The van der Waals surface area contributed by atoms with Crippen LogP contribution < -0.4 is 5.32 Å². The largest absolute Gasteiger partial charge is 0.478 e. The zero-order valence-electron chi connectivity index (χ0n) is 10.5. The number of carbonyl (C=O) groups is 1. The molecule has 0 radical (unpaired) electrons. The zero-order chi connectivity index (χ0) is 14.7. The van der Waals surface area contributed by atoms with Gasteiger partial charge in [0.1, 0.15) is 29.0 Å². The third kappa shape index (κ3) is 2.74. The molecule has 0 fully saturated rings. The summed E-state index contributed by atoms with van der Waals surface area (Å²) in [5.74, 6) is -0.406. The zero-order valence-corrected chi connectivity index (χ0v) is 10.5. The highest BCUT2D eigenvalue weighted by atomic mass is 16.6. The molecule has 8 heteroatoms. The number of nitro groups is 1. The highest BCUT2D eigenvalue weighted by Gasteiger charge is 2.16. The molecule has 20 heavy (non-hydrogen) atoms. The van der Waals surface area contributed by atoms with Crippen molar-refractivity contribution in [3.05, 3.63) is 51.7 Å². The van der Waals surface area contributed by atoms with Crippen LogP contribution in [-0.2, 0) is 6.54 Å². The first kappa shape index (κ1) is 13.5. The van der Waals surface area contributed by atoms with Crippen LogP contribution in [0, 0.1) is 17.0 Å². The number of aromatic nitrogens is 1. The molecule has 104 valence electrons. The molecule has 0 aliphatic heterocycles. The van der Waals surface area contributed by atoms with Crippen LogP contribution >= 0.6 is 0 Å². The Kier molecular flexibility index (Phi) is 3.65. The predicted molar refractivity (Wildman–Crippen MR) is 68.6 cm³/mol. The van der Waals surface area contributed by atoms with Gasteiger partial charge in [-0.25, -0.2) is 4.79 Å². The second kappa shape index (κ2) is 5.39. The number of carboxylic acid groups (broad SMARTS) is 1. The topological polar surface area (TPSA) is 119 Å². The van der Waals surface area contributed by atoms with Gasteiger partial charge in [0.15, 0.2) is 0 Å². The molecule has 2 aromatic heterocycles. The van der Waals surface area contributed by atoms with E-state index < -0.39 is 10.9 Å². The lowest BCUT2D eigenvalue weighted by molar-refractivity contribution is -0.384. The Morgan fingerprint density at radius 3 is 2.95 bits per heavy atom. The van der Waals surface area contributed by atoms with E-state index in [1.165, 1.54) is 18.3 Å². The van der Waals surface area contributed by atoms with Crippen LogP contribution in [-0.4, -0.2) is 21.0 Å². The number of furan rings is 1. The van der Waals surface area contributed by atoms with Crippen LogP contribution in [0.1, 0.15) is 21.9 Å². The maximum Gasteiger partial charge on any atom is 0.339 e. The Morgan fingerprint density at radius 2 is 2.35 bits per heavy atom. The van der Waals surface area contributed by atoms with E-state index in [4.69, 9.17) is 9.52 Å². The van der Waals surface area contributed by atoms with E-state index in [0.29, 0.717) is 11.5 Å². The van der Waals surface area contributed by atoms with Crippen LogP contribution in [0.3, 0.4) is 0 Å². The van der Waals surface area contributed by atoms with Gasteiger partial charge in [0, 0.05) is 6.20 Å². The number of nitrogens with one attached hydrogen (secondary N) is 1. The van der Waals surface area contributed by atoms with Crippen molar-refractivity contribution in [2.75, 3.05) is 5.32 Å². The first-order valence-electron chi connectivity index (χ1n) is 5.64. The van der Waals surface area contributed by atoms with Gasteiger partial charge in [-0.2, -0.15) is 0 Å². The number of rotatable bonds is 5. The Hall–Kier alpha value is -2.90. The minimum absolute atomic E-state index is 0.0750. The average molecular weight is 277 g/mol. The molecule has 8 nitrogen and oxygen atoms in total. The summed E-state index contributed by atoms with van der Waals surface area (Å²) in [7, 11) is 0. The van der Waals surface area contributed by atoms with E-state index in [9.17, 15) is 14.9 Å². The first-order valence-corrected chi connectivity index (χ1v) is 5.64. The molecule has 0 amide bonds. The van der Waals surface area contributed by atoms with Crippen molar-refractivity contribution >= 4 is 17.3 Å². The number of aryl methyl sites for hydroxylation is 1. The van der Waals surface area contributed by atoms with Crippen LogP contribution in [0.2, 0.25) is 0 Å². The fourth-order valence-corrected chi connectivity index (χ4v) is 1.71. The molecule has 2 N–H and O–H groups in total. The normalized spacial score (nSPS) is 10.2. The van der Waals surface area contributed by atoms with Gasteiger partial charge in [-0.05, 0) is 19.1 Å². The monoisotopic (exact) mass is 277 g/mol. The Bertz CT molecular complexity index is 665. The highest BCUT2D eigenvalue weighted by molar-refractivity contribution is 5.88. The Labute approximate surface area is 113 Å². The van der Waals surface area contributed by atoms with Gasteiger partial charge in [-0.1, -0.05) is 0 Å². The van der Waals surface area contributed by atoms with E-state index in [-0.39, 0.29) is 23.5 Å². The molecule has 0 bridgehead atoms. The third-order valence-electron chi connectivity index (χ3n) is 2.65. The van der Waals surface area contributed by atoms with Crippen molar-refractivity contribution in [2.24, 2.45) is 0 Å². The third-order valence-corrected chi connectivity index (χ3v) is 2.65. The number of carboxylic acids is 1. The molecule has 0 saturated carbocycles. The van der Waals surface area contributed by atoms with Gasteiger partial charge in [0.2, 0.25) is 0 Å². The van der Waals surface area contributed by atoms with Gasteiger partial charge in [-0.15, -0.1) is 0 Å². The number of aromatic carboxylic acids is 1. The first-order chi connectivity index (χ1) is 9.49. The van der Waals surface area contributed by atoms with Gasteiger partial charge in [-0.3, -0.25) is 15.1 Å². The number of pyridine rings is 1. The second-order valence-corrected chi connectivity index (χ2v) is 3.99. The SMILES string of the molecule is Cc1oc(CNc2ccncc2[N+](=O)[O-])cc1C(=O)O. The van der Waals surface area contributed by atoms with Crippen molar-refractivity contribution in [3.8, 4) is 0 Å². The van der Waals surface area contributed by atoms with E-state index >= 15 is 0 Å². The van der Waals surface area contributed by atoms with Crippen LogP contribution in [0.4, 0.5) is 11.4 Å². The van der Waals surface area contributed by atoms with Crippen LogP contribution in [0.15, 0.2) is 28.9 Å². The molecule has 2 heterocycles. The van der Waals surface area contributed by atoms with Gasteiger partial charge >= 0.3 is 11.7 Å². The van der Waals surface area contributed by atoms with E-state index in [0.717, 1.165) is 6.20 Å². The van der Waals surface area contributed by atoms with Crippen molar-refractivity contribution < 1.29 is 19.2 Å². The minimum Gasteiger partial charge on any atom is -0.478 e. The fraction of sp³-hybridized carbons (Fsp3) is 0.167. The predicted octanol–water partition coefficient (Wildman–Crippen LogP) is 2.20. The molecule has 2 aromatic rings. The summed E-state index contributed by atoms with van der Waals surface area (Å²) in [4.78, 5) is 24.8. The second-order valence-electron chi connectivity index (χ2n) is 3.99. The quantitative estimate of drug-likeness (QED) is 0.635. The fourth-order valence-electron chi connectivity index (χ4n) is 1.71. The summed E-state index contributed by atoms with van der Waals surface area (Å²) in [5.41, 5.74) is 0.205. The standard InChI is InChI=1S/C12H11N3O5/c1-7-9(12(16)17)4-8(20-7)5-14-10-2-3-13-6-11(10)15(18)19/h2-4,6H,5H2,1H3,(H,13,14)(H,16,17). The maximum atomic E-state index is 10.9. The summed E-state index contributed by atoms with van der Waals surface area (Å²) in [6, 6.07) is 2.85. The molecule has 0 aliphatic carbocycles. The summed E-state index contributed by atoms with van der Waals surface area (Å²) >= 11 is 0. The van der Waals surface area contributed by atoms with Gasteiger partial charge < -0.3 is 14.8 Å². The maximum absolute atomic E-state index is 10.9. The average Bonchev–Trinajstić information content (AvgIpc) is 2.78. The van der Waals surface area contributed by atoms with Crippen molar-refractivity contribution in [3.63, 3.8) is 0 Å². The van der Waals surface area contributed by atoms with Gasteiger partial charge in [0.25, 0.3) is 0 Å². The molecular formula is C12H11N3O5. The van der Waals surface area contributed by atoms with Crippen LogP contribution in [0.5, 0.6) is 0 Å². The number of anilines is 1. The lowest BCUT2D eigenvalue weighted by Gasteiger charge is -2.04. The molecule has 0 atom stereocenters. The van der Waals surface area contributed by atoms with E-state index in [1.807, 2.05) is 0 Å². The Balaban J connectivity index is 2.15. The lowest BCUT2D eigenvalue weighted by Crippen LogP contribution is -2.02. The smallest absolute Gasteiger partial charge is 0.339 e. The molecule has 2 rings (SSSR count). The molecular weight excluding hydrogens is 266 g/mol. The number of hydrogen-bond donors (Lipinski definition) is 2. The summed E-state index contributed by atoms with van der Waals surface area (Å²) in [6.07, 6.45) is 2.56. The summed E-state index contributed by atoms with van der Waals surface area (Å²) in [6.45, 7) is 1.68. The Morgan fingerprint density at radius 1 is 1.60 bits per heavy atom. The summed E-state index contributed by atoms with van der Waals surface area (Å²) in [5, 5.41) is 22.5. The summed E-state index contributed by atoms with van der Waals surface area (Å²) < 4.78 is 5.27. The van der Waals surface area contributed by atoms with E-state index in [1.54, 1.807) is 6.92 Å². The molecule has 0 spiro atoms. The van der Waals surface area contributed by atoms with Crippen LogP contribution in [0.25, 0.3) is 0 Å². The van der Waals surface area contributed by atoms with E-state index in [2.05, 4.69) is 10.3 Å². The highest BCUT2D eigenvalue weighted by Crippen LogP contribution is 2.23. The molecule has 0 aromatic carbocycles. The molecule has 0 saturated heterocycles. The lowest BCUT2D eigenvalue weighted by atomic mass is 10.2. The van der Waals surface area contributed by atoms with Gasteiger partial charge in [0.05, 0.1) is 11.5 Å². The van der Waals surface area contributed by atoms with Crippen molar-refractivity contribution in [1.82, 2.24) is 4.98 Å². The molecule has 0 aliphatic rings. The molecule has 0 unspecified atom stereocenters. The number of nitrogens with zero attached hydrogens (tertiary/aromatic N) is 2. The van der Waals surface area contributed by atoms with Crippen molar-refractivity contribution in [2.45, 2.75) is 13.5 Å². The number of hydrogen-bond acceptors (Lipinski definition) is 6.